The topological polar surface area (TPSA) is 111 Å². The lowest BCUT2D eigenvalue weighted by Crippen LogP contribution is -2.24. The lowest BCUT2D eigenvalue weighted by atomic mass is 10.5. The van der Waals surface area contributed by atoms with E-state index in [2.05, 4.69) is 9.68 Å². The number of carbonyl (C=O) groups excluding carboxylic acids is 4. The fourth-order valence-corrected chi connectivity index (χ4v) is 0.448. The van der Waals surface area contributed by atoms with Crippen LogP contribution in [-0.4, -0.2) is 23.8 Å². The molecular formula is C8H10N2O6. The van der Waals surface area contributed by atoms with Crippen molar-refractivity contribution >= 4 is 23.8 Å². The van der Waals surface area contributed by atoms with E-state index < -0.39 is 23.8 Å². The third-order valence-corrected chi connectivity index (χ3v) is 0.946. The monoisotopic (exact) mass is 230 g/mol. The highest BCUT2D eigenvalue weighted by atomic mass is 16.7. The van der Waals surface area contributed by atoms with Crippen LogP contribution in [0, 0.1) is 0 Å². The van der Waals surface area contributed by atoms with Crippen LogP contribution in [0.2, 0.25) is 0 Å². The zero-order valence-electron chi connectivity index (χ0n) is 8.60. The van der Waals surface area contributed by atoms with Crippen molar-refractivity contribution < 1.29 is 28.9 Å². The second-order valence-corrected chi connectivity index (χ2v) is 2.49. The lowest BCUT2D eigenvalue weighted by molar-refractivity contribution is -0.154. The third kappa shape index (κ3) is 8.23. The first kappa shape index (κ1) is 13.6. The molecule has 0 heterocycles. The normalized spacial score (nSPS) is 9.38. The molecule has 0 aliphatic heterocycles. The molecule has 8 heteroatoms. The van der Waals surface area contributed by atoms with Crippen molar-refractivity contribution in [2.45, 2.75) is 13.8 Å². The summed E-state index contributed by atoms with van der Waals surface area (Å²) in [6.07, 6.45) is 1.44. The first-order chi connectivity index (χ1) is 7.41. The van der Waals surface area contributed by atoms with Crippen molar-refractivity contribution in [3.05, 3.63) is 12.2 Å². The summed E-state index contributed by atoms with van der Waals surface area (Å²) in [5.74, 6) is -3.06. The summed E-state index contributed by atoms with van der Waals surface area (Å²) in [5.41, 5.74) is 3.52. The summed E-state index contributed by atoms with van der Waals surface area (Å²) in [5, 5.41) is 0. The van der Waals surface area contributed by atoms with Gasteiger partial charge in [0.25, 0.3) is 0 Å². The van der Waals surface area contributed by atoms with Crippen molar-refractivity contribution in [3.8, 4) is 0 Å². The van der Waals surface area contributed by atoms with E-state index >= 15 is 0 Å². The van der Waals surface area contributed by atoms with Gasteiger partial charge in [-0.25, -0.2) is 9.59 Å². The van der Waals surface area contributed by atoms with Crippen LogP contribution in [0.1, 0.15) is 13.8 Å². The number of hydrogen-bond acceptors (Lipinski definition) is 6. The van der Waals surface area contributed by atoms with Gasteiger partial charge >= 0.3 is 11.9 Å². The van der Waals surface area contributed by atoms with E-state index in [9.17, 15) is 19.2 Å². The van der Waals surface area contributed by atoms with E-state index in [1.165, 1.54) is 0 Å². The van der Waals surface area contributed by atoms with Gasteiger partial charge in [0, 0.05) is 26.0 Å². The Kier molecular flexibility index (Phi) is 5.95. The van der Waals surface area contributed by atoms with E-state index in [-0.39, 0.29) is 0 Å². The Morgan fingerprint density at radius 2 is 1.12 bits per heavy atom. The lowest BCUT2D eigenvalue weighted by Gasteiger charge is -1.99. The first-order valence-electron chi connectivity index (χ1n) is 4.04. The quantitative estimate of drug-likeness (QED) is 0.452. The average molecular weight is 230 g/mol. The van der Waals surface area contributed by atoms with Gasteiger partial charge in [-0.2, -0.15) is 11.0 Å². The second-order valence-electron chi connectivity index (χ2n) is 2.49. The minimum absolute atomic E-state index is 0.567. The van der Waals surface area contributed by atoms with E-state index in [1.54, 1.807) is 11.0 Å². The number of carbonyl (C=O) groups is 4. The van der Waals surface area contributed by atoms with Gasteiger partial charge in [-0.1, -0.05) is 0 Å². The second kappa shape index (κ2) is 6.98. The Bertz CT molecular complexity index is 303. The minimum atomic E-state index is -0.963. The maximum atomic E-state index is 10.8. The number of rotatable bonds is 2. The largest absolute Gasteiger partial charge is 0.356 e. The smallest absolute Gasteiger partial charge is 0.336 e. The average Bonchev–Trinajstić information content (AvgIpc) is 2.20. The van der Waals surface area contributed by atoms with Crippen molar-refractivity contribution in [3.63, 3.8) is 0 Å². The molecule has 0 aromatic rings. The molecule has 2 amide bonds. The van der Waals surface area contributed by atoms with E-state index in [1.807, 2.05) is 0 Å². The highest BCUT2D eigenvalue weighted by molar-refractivity contribution is 5.92. The molecule has 2 N–H and O–H groups in total. The molecule has 0 rings (SSSR count). The van der Waals surface area contributed by atoms with Crippen LogP contribution in [0.5, 0.6) is 0 Å². The third-order valence-electron chi connectivity index (χ3n) is 0.946. The van der Waals surface area contributed by atoms with E-state index in [0.29, 0.717) is 0 Å². The molecule has 0 saturated carbocycles. The van der Waals surface area contributed by atoms with E-state index in [4.69, 9.17) is 0 Å². The molecule has 0 aliphatic carbocycles. The molecule has 0 saturated heterocycles. The first-order valence-corrected chi connectivity index (χ1v) is 4.04. The van der Waals surface area contributed by atoms with Crippen LogP contribution in [0.25, 0.3) is 0 Å². The minimum Gasteiger partial charge on any atom is -0.336 e. The Hall–Kier alpha value is -2.38. The summed E-state index contributed by atoms with van der Waals surface area (Å²) in [4.78, 5) is 50.5. The van der Waals surface area contributed by atoms with Crippen LogP contribution in [-0.2, 0) is 28.9 Å². The Morgan fingerprint density at radius 1 is 0.812 bits per heavy atom. The van der Waals surface area contributed by atoms with Gasteiger partial charge in [-0.05, 0) is 0 Å². The molecule has 0 aromatic heterocycles. The van der Waals surface area contributed by atoms with Crippen LogP contribution in [0.15, 0.2) is 12.2 Å². The standard InChI is InChI=1S/C8H10N2O6/c1-5(11)9-15-7(13)3-4-8(14)16-10-6(2)12/h3-4H,1-2H3,(H,9,11)(H,10,12). The summed E-state index contributed by atoms with van der Waals surface area (Å²) in [6, 6.07) is 0. The number of nitrogens with one attached hydrogen (secondary N) is 2. The maximum absolute atomic E-state index is 10.8. The highest BCUT2D eigenvalue weighted by Crippen LogP contribution is 1.82. The van der Waals surface area contributed by atoms with Gasteiger partial charge in [0.15, 0.2) is 0 Å². The van der Waals surface area contributed by atoms with Crippen LogP contribution in [0.3, 0.4) is 0 Å². The zero-order chi connectivity index (χ0) is 12.6. The van der Waals surface area contributed by atoms with Crippen molar-refractivity contribution in [2.75, 3.05) is 0 Å². The van der Waals surface area contributed by atoms with Gasteiger partial charge in [0.05, 0.1) is 0 Å². The van der Waals surface area contributed by atoms with Crippen molar-refractivity contribution in [1.82, 2.24) is 11.0 Å². The van der Waals surface area contributed by atoms with Gasteiger partial charge in [-0.15, -0.1) is 0 Å². The molecule has 16 heavy (non-hydrogen) atoms. The summed E-state index contributed by atoms with van der Waals surface area (Å²) in [7, 11) is 0. The number of hydroxylamine groups is 2. The summed E-state index contributed by atoms with van der Waals surface area (Å²) in [6.45, 7) is 2.28. The van der Waals surface area contributed by atoms with Crippen LogP contribution >= 0.6 is 0 Å². The SMILES string of the molecule is CC(=O)NOC(=O)C=CC(=O)ONC(C)=O. The van der Waals surface area contributed by atoms with Gasteiger partial charge in [0.2, 0.25) is 11.8 Å². The summed E-state index contributed by atoms with van der Waals surface area (Å²) >= 11 is 0. The molecule has 0 aliphatic rings. The Morgan fingerprint density at radius 3 is 1.38 bits per heavy atom. The number of amides is 2. The van der Waals surface area contributed by atoms with Gasteiger partial charge < -0.3 is 9.68 Å². The fraction of sp³-hybridized carbons (Fsp3) is 0.250. The molecule has 0 fully saturated rings. The summed E-state index contributed by atoms with van der Waals surface area (Å²) < 4.78 is 0. The van der Waals surface area contributed by atoms with E-state index in [0.717, 1.165) is 26.0 Å². The maximum Gasteiger partial charge on any atom is 0.356 e. The van der Waals surface area contributed by atoms with Crippen molar-refractivity contribution in [1.29, 1.82) is 0 Å². The predicted octanol–water partition coefficient (Wildman–Crippen LogP) is -1.27. The molecule has 0 bridgehead atoms. The highest BCUT2D eigenvalue weighted by Gasteiger charge is 2.02. The van der Waals surface area contributed by atoms with Crippen LogP contribution < -0.4 is 11.0 Å². The zero-order valence-corrected chi connectivity index (χ0v) is 8.60. The van der Waals surface area contributed by atoms with Gasteiger partial charge in [0.1, 0.15) is 0 Å². The molecule has 0 aromatic carbocycles. The fourth-order valence-electron chi connectivity index (χ4n) is 0.448. The van der Waals surface area contributed by atoms with Crippen LogP contribution in [0.4, 0.5) is 0 Å². The molecule has 0 unspecified atom stereocenters. The number of hydrogen-bond donors (Lipinski definition) is 2. The Balaban J connectivity index is 3.88. The Labute approximate surface area is 90.5 Å². The molecule has 0 atom stereocenters. The van der Waals surface area contributed by atoms with Gasteiger partial charge in [-0.3, -0.25) is 9.59 Å². The predicted molar refractivity (Wildman–Crippen MR) is 49.0 cm³/mol. The molecule has 0 radical (unpaired) electrons. The molecular weight excluding hydrogens is 220 g/mol. The molecule has 0 spiro atoms. The van der Waals surface area contributed by atoms with Crippen molar-refractivity contribution in [2.24, 2.45) is 0 Å². The molecule has 8 nitrogen and oxygen atoms in total. The molecule has 88 valence electrons.